The summed E-state index contributed by atoms with van der Waals surface area (Å²) in [6, 6.07) is 5.62. The van der Waals surface area contributed by atoms with Gasteiger partial charge in [0, 0.05) is 17.7 Å². The van der Waals surface area contributed by atoms with Gasteiger partial charge in [0.25, 0.3) is 11.6 Å². The maximum atomic E-state index is 12.0. The van der Waals surface area contributed by atoms with Gasteiger partial charge in [-0.3, -0.25) is 14.9 Å². The minimum absolute atomic E-state index is 0. The number of benzene rings is 1. The van der Waals surface area contributed by atoms with Crippen molar-refractivity contribution >= 4 is 11.6 Å². The van der Waals surface area contributed by atoms with E-state index >= 15 is 0 Å². The zero-order valence-electron chi connectivity index (χ0n) is 12.5. The molecule has 0 radical (unpaired) electrons. The van der Waals surface area contributed by atoms with E-state index in [0.29, 0.717) is 12.1 Å². The fourth-order valence-corrected chi connectivity index (χ4v) is 2.28. The van der Waals surface area contributed by atoms with Gasteiger partial charge in [0.05, 0.1) is 38.3 Å². The lowest BCUT2D eigenvalue weighted by atomic mass is 10.2. The van der Waals surface area contributed by atoms with Crippen LogP contribution in [0, 0.1) is 10.1 Å². The highest BCUT2D eigenvalue weighted by atomic mass is 79.9. The first kappa shape index (κ1) is 18.5. The molecule has 1 N–H and O–H groups in total. The van der Waals surface area contributed by atoms with Crippen LogP contribution in [0.2, 0.25) is 0 Å². The number of likely N-dealkylation sites (N-methyl/N-ethyl adjacent to an activating group) is 1. The van der Waals surface area contributed by atoms with E-state index in [9.17, 15) is 14.9 Å². The van der Waals surface area contributed by atoms with Crippen molar-refractivity contribution in [1.29, 1.82) is 0 Å². The molecule has 22 heavy (non-hydrogen) atoms. The third kappa shape index (κ3) is 5.04. The second-order valence-electron chi connectivity index (χ2n) is 5.46. The number of non-ortho nitro benzene ring substituents is 1. The molecular formula is C14H20BrN3O4. The molecule has 0 aliphatic carbocycles. The van der Waals surface area contributed by atoms with Crippen molar-refractivity contribution in [2.24, 2.45) is 0 Å². The number of ether oxygens (including phenoxy) is 1. The van der Waals surface area contributed by atoms with E-state index in [4.69, 9.17) is 4.74 Å². The van der Waals surface area contributed by atoms with Crippen molar-refractivity contribution in [2.75, 3.05) is 46.4 Å². The standard InChI is InChI=1S/C14H19N3O4.BrH/c1-17(8-10-21-11-9-17)7-6-15-14(18)12-2-4-13(5-3-12)16(19)20;/h2-5H,6-11H2,1H3;1H. The summed E-state index contributed by atoms with van der Waals surface area (Å²) < 4.78 is 6.22. The molecule has 0 aromatic heterocycles. The number of nitrogens with one attached hydrogen (secondary N) is 1. The maximum Gasteiger partial charge on any atom is 0.269 e. The van der Waals surface area contributed by atoms with E-state index in [1.165, 1.54) is 24.3 Å². The summed E-state index contributed by atoms with van der Waals surface area (Å²) >= 11 is 0. The Balaban J connectivity index is 0.00000242. The van der Waals surface area contributed by atoms with E-state index < -0.39 is 4.92 Å². The van der Waals surface area contributed by atoms with Gasteiger partial charge in [-0.15, -0.1) is 0 Å². The second kappa shape index (κ2) is 8.21. The number of morpholine rings is 1. The number of rotatable bonds is 5. The van der Waals surface area contributed by atoms with Gasteiger partial charge in [-0.25, -0.2) is 0 Å². The fraction of sp³-hybridized carbons (Fsp3) is 0.500. The summed E-state index contributed by atoms with van der Waals surface area (Å²) in [7, 11) is 2.15. The Hall–Kier alpha value is -1.51. The van der Waals surface area contributed by atoms with Gasteiger partial charge in [0.1, 0.15) is 13.1 Å². The molecule has 0 atom stereocenters. The predicted octanol–water partition coefficient (Wildman–Crippen LogP) is -2.19. The molecule has 1 aliphatic heterocycles. The van der Waals surface area contributed by atoms with Gasteiger partial charge in [0.2, 0.25) is 0 Å². The first-order valence-corrected chi connectivity index (χ1v) is 6.94. The van der Waals surface area contributed by atoms with Crippen LogP contribution in [0.1, 0.15) is 10.4 Å². The Morgan fingerprint density at radius 3 is 2.45 bits per heavy atom. The number of quaternary nitrogens is 1. The van der Waals surface area contributed by atoms with Crippen LogP contribution in [0.4, 0.5) is 5.69 Å². The zero-order valence-corrected chi connectivity index (χ0v) is 14.0. The molecule has 1 saturated heterocycles. The largest absolute Gasteiger partial charge is 1.00 e. The molecule has 1 aromatic carbocycles. The van der Waals surface area contributed by atoms with Crippen molar-refractivity contribution in [2.45, 2.75) is 0 Å². The monoisotopic (exact) mass is 373 g/mol. The Kier molecular flexibility index (Phi) is 6.92. The molecule has 0 saturated carbocycles. The minimum atomic E-state index is -0.481. The fourth-order valence-electron chi connectivity index (χ4n) is 2.28. The number of halogens is 1. The number of amides is 1. The van der Waals surface area contributed by atoms with E-state index in [1.54, 1.807) is 0 Å². The molecule has 8 heteroatoms. The first-order chi connectivity index (χ1) is 10.0. The molecule has 1 amide bonds. The maximum absolute atomic E-state index is 12.0. The molecule has 0 bridgehead atoms. The van der Waals surface area contributed by atoms with Crippen LogP contribution < -0.4 is 22.3 Å². The minimum Gasteiger partial charge on any atom is -1.00 e. The van der Waals surface area contributed by atoms with Crippen molar-refractivity contribution in [3.63, 3.8) is 0 Å². The highest BCUT2D eigenvalue weighted by molar-refractivity contribution is 5.94. The third-order valence-electron chi connectivity index (χ3n) is 3.83. The van der Waals surface area contributed by atoms with Gasteiger partial charge in [-0.1, -0.05) is 0 Å². The quantitative estimate of drug-likeness (QED) is 0.361. The number of hydrogen-bond donors (Lipinski definition) is 1. The van der Waals surface area contributed by atoms with Crippen LogP contribution in [0.5, 0.6) is 0 Å². The zero-order chi connectivity index (χ0) is 15.3. The van der Waals surface area contributed by atoms with Gasteiger partial charge >= 0.3 is 0 Å². The highest BCUT2D eigenvalue weighted by Crippen LogP contribution is 2.12. The third-order valence-corrected chi connectivity index (χ3v) is 3.83. The van der Waals surface area contributed by atoms with Gasteiger partial charge < -0.3 is 31.5 Å². The SMILES string of the molecule is C[N+]1(CCNC(=O)c2ccc([N+](=O)[O-])cc2)CCOCC1.[Br-]. The van der Waals surface area contributed by atoms with Crippen LogP contribution in [0.15, 0.2) is 24.3 Å². The average molecular weight is 374 g/mol. The van der Waals surface area contributed by atoms with Crippen LogP contribution in [-0.4, -0.2) is 61.8 Å². The second-order valence-corrected chi connectivity index (χ2v) is 5.46. The van der Waals surface area contributed by atoms with E-state index in [1.807, 2.05) is 0 Å². The molecule has 0 spiro atoms. The normalized spacial score (nSPS) is 16.4. The molecule has 1 fully saturated rings. The molecule has 122 valence electrons. The van der Waals surface area contributed by atoms with Crippen molar-refractivity contribution in [3.05, 3.63) is 39.9 Å². The highest BCUT2D eigenvalue weighted by Gasteiger charge is 2.24. The number of nitro groups is 1. The Morgan fingerprint density at radius 2 is 1.91 bits per heavy atom. The average Bonchev–Trinajstić information content (AvgIpc) is 2.48. The van der Waals surface area contributed by atoms with Crippen LogP contribution in [0.3, 0.4) is 0 Å². The number of nitro benzene ring substituents is 1. The summed E-state index contributed by atoms with van der Waals surface area (Å²) in [5.74, 6) is -0.204. The summed E-state index contributed by atoms with van der Waals surface area (Å²) in [4.78, 5) is 22.0. The van der Waals surface area contributed by atoms with E-state index in [2.05, 4.69) is 12.4 Å². The topological polar surface area (TPSA) is 81.5 Å². The molecule has 7 nitrogen and oxygen atoms in total. The number of hydrogen-bond acceptors (Lipinski definition) is 4. The predicted molar refractivity (Wildman–Crippen MR) is 77.0 cm³/mol. The molecule has 1 aliphatic rings. The smallest absolute Gasteiger partial charge is 0.269 e. The van der Waals surface area contributed by atoms with Crippen LogP contribution in [0.25, 0.3) is 0 Å². The van der Waals surface area contributed by atoms with Crippen LogP contribution in [-0.2, 0) is 4.74 Å². The number of carbonyl (C=O) groups excluding carboxylic acids is 1. The van der Waals surface area contributed by atoms with Crippen LogP contribution >= 0.6 is 0 Å². The van der Waals surface area contributed by atoms with Gasteiger partial charge in [0.15, 0.2) is 0 Å². The number of nitrogens with zero attached hydrogens (tertiary/aromatic N) is 2. The lowest BCUT2D eigenvalue weighted by Crippen LogP contribution is -3.00. The lowest BCUT2D eigenvalue weighted by molar-refractivity contribution is -0.915. The molecular weight excluding hydrogens is 354 g/mol. The summed E-state index contributed by atoms with van der Waals surface area (Å²) in [5.41, 5.74) is 0.420. The van der Waals surface area contributed by atoms with Crippen molar-refractivity contribution < 1.29 is 35.9 Å². The van der Waals surface area contributed by atoms with Crippen molar-refractivity contribution in [3.8, 4) is 0 Å². The van der Waals surface area contributed by atoms with Gasteiger partial charge in [-0.2, -0.15) is 0 Å². The molecule has 2 rings (SSSR count). The summed E-state index contributed by atoms with van der Waals surface area (Å²) in [6.07, 6.45) is 0. The lowest BCUT2D eigenvalue weighted by Gasteiger charge is -2.37. The first-order valence-electron chi connectivity index (χ1n) is 6.94. The molecule has 1 heterocycles. The Morgan fingerprint density at radius 1 is 1.32 bits per heavy atom. The van der Waals surface area contributed by atoms with Crippen molar-refractivity contribution in [1.82, 2.24) is 5.32 Å². The Bertz CT molecular complexity index is 515. The van der Waals surface area contributed by atoms with E-state index in [0.717, 1.165) is 37.3 Å². The molecule has 1 aromatic rings. The molecule has 0 unspecified atom stereocenters. The van der Waals surface area contributed by atoms with E-state index in [-0.39, 0.29) is 28.6 Å². The summed E-state index contributed by atoms with van der Waals surface area (Å²) in [6.45, 7) is 4.84. The Labute approximate surface area is 139 Å². The number of carbonyl (C=O) groups is 1. The summed E-state index contributed by atoms with van der Waals surface area (Å²) in [5, 5.41) is 13.4. The van der Waals surface area contributed by atoms with Gasteiger partial charge in [-0.05, 0) is 12.1 Å².